The van der Waals surface area contributed by atoms with Gasteiger partial charge in [0.15, 0.2) is 6.29 Å². The van der Waals surface area contributed by atoms with Crippen LogP contribution in [0.4, 0.5) is 0 Å². The fourth-order valence-electron chi connectivity index (χ4n) is 1.39. The van der Waals surface area contributed by atoms with Gasteiger partial charge < -0.3 is 4.57 Å². The van der Waals surface area contributed by atoms with Crippen LogP contribution in [0.2, 0.25) is 0 Å². The first kappa shape index (κ1) is 10.0. The maximum Gasteiger partial charge on any atom is 0.151 e. The van der Waals surface area contributed by atoms with Gasteiger partial charge in [0, 0.05) is 24.5 Å². The third-order valence-corrected chi connectivity index (χ3v) is 2.18. The fourth-order valence-corrected chi connectivity index (χ4v) is 1.39. The highest BCUT2D eigenvalue weighted by molar-refractivity contribution is 5.74. The molecule has 0 saturated heterocycles. The zero-order valence-corrected chi connectivity index (χ0v) is 8.20. The molecule has 2 nitrogen and oxygen atoms in total. The predicted octanol–water partition coefficient (Wildman–Crippen LogP) is 2.88. The molecule has 0 aliphatic heterocycles. The lowest BCUT2D eigenvalue weighted by atomic mass is 10.2. The van der Waals surface area contributed by atoms with Crippen LogP contribution < -0.4 is 0 Å². The van der Waals surface area contributed by atoms with Crippen LogP contribution in [0.25, 0.3) is 0 Å². The van der Waals surface area contributed by atoms with Gasteiger partial charge in [0.25, 0.3) is 0 Å². The van der Waals surface area contributed by atoms with Crippen molar-refractivity contribution < 1.29 is 4.79 Å². The van der Waals surface area contributed by atoms with E-state index in [4.69, 9.17) is 0 Å². The van der Waals surface area contributed by atoms with Crippen molar-refractivity contribution in [2.24, 2.45) is 0 Å². The van der Waals surface area contributed by atoms with Gasteiger partial charge in [-0.2, -0.15) is 0 Å². The van der Waals surface area contributed by atoms with Crippen molar-refractivity contribution in [2.45, 2.75) is 39.2 Å². The molecule has 1 aromatic heterocycles. The Kier molecular flexibility index (Phi) is 4.30. The van der Waals surface area contributed by atoms with Crippen molar-refractivity contribution in [3.63, 3.8) is 0 Å². The normalized spacial score (nSPS) is 10.2. The summed E-state index contributed by atoms with van der Waals surface area (Å²) in [5.74, 6) is 0. The van der Waals surface area contributed by atoms with E-state index >= 15 is 0 Å². The minimum atomic E-state index is 0.774. The highest BCUT2D eigenvalue weighted by atomic mass is 16.1. The summed E-state index contributed by atoms with van der Waals surface area (Å²) in [5.41, 5.74) is 0.774. The molecule has 72 valence electrons. The molecule has 0 aliphatic carbocycles. The van der Waals surface area contributed by atoms with E-state index in [0.717, 1.165) is 18.4 Å². The third-order valence-electron chi connectivity index (χ3n) is 2.18. The first-order valence-corrected chi connectivity index (χ1v) is 4.97. The molecule has 0 unspecified atom stereocenters. The Morgan fingerprint density at radius 2 is 2.23 bits per heavy atom. The highest BCUT2D eigenvalue weighted by Gasteiger charge is 1.94. The van der Waals surface area contributed by atoms with Gasteiger partial charge in [-0.3, -0.25) is 4.79 Å². The number of hydrogen-bond donors (Lipinski definition) is 0. The van der Waals surface area contributed by atoms with Crippen LogP contribution in [-0.4, -0.2) is 10.9 Å². The summed E-state index contributed by atoms with van der Waals surface area (Å²) in [6, 6.07) is 1.85. The summed E-state index contributed by atoms with van der Waals surface area (Å²) in [4.78, 5) is 10.4. The lowest BCUT2D eigenvalue weighted by Gasteiger charge is -2.01. The molecule has 1 rings (SSSR count). The van der Waals surface area contributed by atoms with Gasteiger partial charge in [0.2, 0.25) is 0 Å². The minimum absolute atomic E-state index is 0.774. The summed E-state index contributed by atoms with van der Waals surface area (Å²) >= 11 is 0. The van der Waals surface area contributed by atoms with E-state index in [-0.39, 0.29) is 0 Å². The number of carbonyl (C=O) groups is 1. The van der Waals surface area contributed by atoms with Crippen molar-refractivity contribution >= 4 is 6.29 Å². The quantitative estimate of drug-likeness (QED) is 0.486. The molecule has 0 fully saturated rings. The van der Waals surface area contributed by atoms with Crippen LogP contribution in [0, 0.1) is 0 Å². The number of nitrogens with zero attached hydrogens (tertiary/aromatic N) is 1. The molecule has 0 bridgehead atoms. The minimum Gasteiger partial charge on any atom is -0.354 e. The second-order valence-corrected chi connectivity index (χ2v) is 3.36. The largest absolute Gasteiger partial charge is 0.354 e. The molecular formula is C11H17NO. The first-order chi connectivity index (χ1) is 6.36. The van der Waals surface area contributed by atoms with Crippen molar-refractivity contribution in [1.82, 2.24) is 4.57 Å². The van der Waals surface area contributed by atoms with E-state index in [9.17, 15) is 4.79 Å². The molecule has 13 heavy (non-hydrogen) atoms. The monoisotopic (exact) mass is 179 g/mol. The molecule has 1 heterocycles. The molecule has 0 amide bonds. The van der Waals surface area contributed by atoms with Gasteiger partial charge >= 0.3 is 0 Å². The molecule has 0 spiro atoms. The van der Waals surface area contributed by atoms with Gasteiger partial charge in [0.05, 0.1) is 0 Å². The summed E-state index contributed by atoms with van der Waals surface area (Å²) < 4.78 is 2.08. The average Bonchev–Trinajstić information content (AvgIpc) is 2.60. The number of carbonyl (C=O) groups excluding carboxylic acids is 1. The number of unbranched alkanes of at least 4 members (excludes halogenated alkanes) is 3. The van der Waals surface area contributed by atoms with E-state index in [1.54, 1.807) is 0 Å². The zero-order chi connectivity index (χ0) is 9.52. The molecule has 2 heteroatoms. The second-order valence-electron chi connectivity index (χ2n) is 3.36. The zero-order valence-electron chi connectivity index (χ0n) is 8.20. The Bertz CT molecular complexity index is 252. The molecule has 0 N–H and O–H groups in total. The maximum atomic E-state index is 10.4. The molecule has 0 radical (unpaired) electrons. The van der Waals surface area contributed by atoms with Crippen LogP contribution in [-0.2, 0) is 6.54 Å². The first-order valence-electron chi connectivity index (χ1n) is 4.97. The topological polar surface area (TPSA) is 22.0 Å². The number of rotatable bonds is 6. The molecule has 1 aromatic rings. The summed E-state index contributed by atoms with van der Waals surface area (Å²) in [6.45, 7) is 3.24. The predicted molar refractivity (Wildman–Crippen MR) is 54.0 cm³/mol. The summed E-state index contributed by atoms with van der Waals surface area (Å²) in [6.07, 6.45) is 9.83. The fraction of sp³-hybridized carbons (Fsp3) is 0.545. The van der Waals surface area contributed by atoms with Gasteiger partial charge in [0.1, 0.15) is 0 Å². The van der Waals surface area contributed by atoms with Crippen LogP contribution >= 0.6 is 0 Å². The summed E-state index contributed by atoms with van der Waals surface area (Å²) in [5, 5.41) is 0. The van der Waals surface area contributed by atoms with Crippen LogP contribution in [0.5, 0.6) is 0 Å². The SMILES string of the molecule is CCCCCCn1ccc(C=O)c1. The highest BCUT2D eigenvalue weighted by Crippen LogP contribution is 2.03. The Morgan fingerprint density at radius 3 is 2.85 bits per heavy atom. The van der Waals surface area contributed by atoms with Crippen molar-refractivity contribution in [3.8, 4) is 0 Å². The number of aryl methyl sites for hydroxylation is 1. The molecule has 0 saturated carbocycles. The molecule has 0 atom stereocenters. The van der Waals surface area contributed by atoms with Crippen LogP contribution in [0.15, 0.2) is 18.5 Å². The lowest BCUT2D eigenvalue weighted by molar-refractivity contribution is 0.112. The molecule has 0 aromatic carbocycles. The Morgan fingerprint density at radius 1 is 1.38 bits per heavy atom. The van der Waals surface area contributed by atoms with E-state index in [1.807, 2.05) is 18.5 Å². The van der Waals surface area contributed by atoms with Crippen molar-refractivity contribution in [1.29, 1.82) is 0 Å². The van der Waals surface area contributed by atoms with Gasteiger partial charge in [-0.05, 0) is 12.5 Å². The average molecular weight is 179 g/mol. The summed E-state index contributed by atoms with van der Waals surface area (Å²) in [7, 11) is 0. The van der Waals surface area contributed by atoms with E-state index < -0.39 is 0 Å². The molecular weight excluding hydrogens is 162 g/mol. The van der Waals surface area contributed by atoms with Gasteiger partial charge in [-0.25, -0.2) is 0 Å². The lowest BCUT2D eigenvalue weighted by Crippen LogP contribution is -1.93. The Labute approximate surface area is 79.6 Å². The number of aromatic nitrogens is 1. The standard InChI is InChI=1S/C11H17NO/c1-2-3-4-5-7-12-8-6-11(9-12)10-13/h6,8-10H,2-5,7H2,1H3. The van der Waals surface area contributed by atoms with Crippen molar-refractivity contribution in [3.05, 3.63) is 24.0 Å². The Hall–Kier alpha value is -1.05. The maximum absolute atomic E-state index is 10.4. The second kappa shape index (κ2) is 5.57. The van der Waals surface area contributed by atoms with E-state index in [0.29, 0.717) is 0 Å². The smallest absolute Gasteiger partial charge is 0.151 e. The van der Waals surface area contributed by atoms with E-state index in [1.165, 1.54) is 25.7 Å². The number of aldehydes is 1. The number of hydrogen-bond acceptors (Lipinski definition) is 1. The van der Waals surface area contributed by atoms with Gasteiger partial charge in [-0.15, -0.1) is 0 Å². The van der Waals surface area contributed by atoms with E-state index in [2.05, 4.69) is 11.5 Å². The third kappa shape index (κ3) is 3.45. The molecule has 0 aliphatic rings. The Balaban J connectivity index is 2.24. The van der Waals surface area contributed by atoms with Crippen molar-refractivity contribution in [2.75, 3.05) is 0 Å². The van der Waals surface area contributed by atoms with Crippen LogP contribution in [0.3, 0.4) is 0 Å². The van der Waals surface area contributed by atoms with Crippen LogP contribution in [0.1, 0.15) is 43.0 Å². The van der Waals surface area contributed by atoms with Gasteiger partial charge in [-0.1, -0.05) is 26.2 Å².